The molecule has 0 bridgehead atoms. The van der Waals surface area contributed by atoms with Gasteiger partial charge in [0.15, 0.2) is 0 Å². The predicted octanol–water partition coefficient (Wildman–Crippen LogP) is 2.73. The number of aromatic nitrogens is 1. The van der Waals surface area contributed by atoms with Crippen molar-refractivity contribution in [2.75, 3.05) is 13.1 Å². The summed E-state index contributed by atoms with van der Waals surface area (Å²) >= 11 is 0. The van der Waals surface area contributed by atoms with Crippen LogP contribution in [-0.2, 0) is 6.54 Å². The second-order valence-electron chi connectivity index (χ2n) is 6.07. The Morgan fingerprint density at radius 1 is 1.48 bits per heavy atom. The third kappa shape index (κ3) is 3.19. The van der Waals surface area contributed by atoms with Gasteiger partial charge in [0.1, 0.15) is 0 Å². The standard InChI is InChI=1S/C15H20N4O2/c1-11-8-17-13(12(2)14(11)19(20)21)9-18-6-4-15(3,10-16)5-7-18/h8H,4-7,9H2,1-3H3. The van der Waals surface area contributed by atoms with Gasteiger partial charge in [0, 0.05) is 37.0 Å². The number of nitro groups is 1. The topological polar surface area (TPSA) is 83.1 Å². The van der Waals surface area contributed by atoms with Crippen molar-refractivity contribution in [1.29, 1.82) is 5.26 Å². The van der Waals surface area contributed by atoms with E-state index < -0.39 is 0 Å². The van der Waals surface area contributed by atoms with Crippen LogP contribution in [0.3, 0.4) is 0 Å². The molecule has 2 heterocycles. The molecule has 6 heteroatoms. The predicted molar refractivity (Wildman–Crippen MR) is 78.6 cm³/mol. The van der Waals surface area contributed by atoms with Crippen molar-refractivity contribution in [2.45, 2.75) is 40.2 Å². The highest BCUT2D eigenvalue weighted by Crippen LogP contribution is 2.31. The molecule has 0 aliphatic carbocycles. The highest BCUT2D eigenvalue weighted by molar-refractivity contribution is 5.47. The number of nitriles is 1. The van der Waals surface area contributed by atoms with E-state index >= 15 is 0 Å². The number of likely N-dealkylation sites (tertiary alicyclic amines) is 1. The monoisotopic (exact) mass is 288 g/mol. The third-order valence-electron chi connectivity index (χ3n) is 4.36. The first-order valence-corrected chi connectivity index (χ1v) is 7.09. The van der Waals surface area contributed by atoms with Gasteiger partial charge in [-0.1, -0.05) is 0 Å². The van der Waals surface area contributed by atoms with E-state index in [1.54, 1.807) is 20.0 Å². The molecule has 0 atom stereocenters. The molecule has 0 radical (unpaired) electrons. The van der Waals surface area contributed by atoms with E-state index in [-0.39, 0.29) is 16.0 Å². The first kappa shape index (κ1) is 15.4. The molecule has 1 aliphatic rings. The van der Waals surface area contributed by atoms with E-state index in [0.717, 1.165) is 31.6 Å². The molecule has 6 nitrogen and oxygen atoms in total. The van der Waals surface area contributed by atoms with Gasteiger partial charge in [0.25, 0.3) is 5.69 Å². The largest absolute Gasteiger partial charge is 0.297 e. The van der Waals surface area contributed by atoms with Crippen LogP contribution in [0, 0.1) is 40.7 Å². The molecule has 1 aliphatic heterocycles. The Bertz CT molecular complexity index is 598. The fourth-order valence-corrected chi connectivity index (χ4v) is 2.73. The van der Waals surface area contributed by atoms with Gasteiger partial charge in [-0.15, -0.1) is 0 Å². The second-order valence-corrected chi connectivity index (χ2v) is 6.07. The zero-order chi connectivity index (χ0) is 15.6. The summed E-state index contributed by atoms with van der Waals surface area (Å²) in [5, 5.41) is 20.3. The van der Waals surface area contributed by atoms with Gasteiger partial charge in [0.05, 0.1) is 22.1 Å². The minimum absolute atomic E-state index is 0.166. The lowest BCUT2D eigenvalue weighted by Gasteiger charge is -2.34. The van der Waals surface area contributed by atoms with Gasteiger partial charge in [-0.05, 0) is 33.6 Å². The highest BCUT2D eigenvalue weighted by Gasteiger charge is 2.30. The molecule has 0 amide bonds. The van der Waals surface area contributed by atoms with Gasteiger partial charge < -0.3 is 0 Å². The van der Waals surface area contributed by atoms with Crippen molar-refractivity contribution in [3.8, 4) is 6.07 Å². The number of rotatable bonds is 3. The van der Waals surface area contributed by atoms with E-state index in [4.69, 9.17) is 5.26 Å². The molecule has 112 valence electrons. The Labute approximate surface area is 124 Å². The van der Waals surface area contributed by atoms with Gasteiger partial charge in [-0.3, -0.25) is 20.0 Å². The zero-order valence-electron chi connectivity index (χ0n) is 12.7. The maximum Gasteiger partial charge on any atom is 0.278 e. The number of aryl methyl sites for hydroxylation is 1. The number of hydrogen-bond donors (Lipinski definition) is 0. The Hall–Kier alpha value is -2.00. The number of pyridine rings is 1. The normalized spacial score (nSPS) is 18.2. The molecule has 0 saturated carbocycles. The molecule has 0 N–H and O–H groups in total. The summed E-state index contributed by atoms with van der Waals surface area (Å²) in [5.41, 5.74) is 1.93. The molecule has 2 rings (SSSR count). The quantitative estimate of drug-likeness (QED) is 0.630. The number of nitrogens with zero attached hydrogens (tertiary/aromatic N) is 4. The molecule has 0 spiro atoms. The van der Waals surface area contributed by atoms with Gasteiger partial charge in [-0.2, -0.15) is 5.26 Å². The third-order valence-corrected chi connectivity index (χ3v) is 4.36. The number of hydrogen-bond acceptors (Lipinski definition) is 5. The van der Waals surface area contributed by atoms with Crippen LogP contribution in [-0.4, -0.2) is 27.9 Å². The fraction of sp³-hybridized carbons (Fsp3) is 0.600. The van der Waals surface area contributed by atoms with Crippen LogP contribution in [0.25, 0.3) is 0 Å². The molecular weight excluding hydrogens is 268 g/mol. The average molecular weight is 288 g/mol. The molecule has 21 heavy (non-hydrogen) atoms. The van der Waals surface area contributed by atoms with Crippen molar-refractivity contribution < 1.29 is 4.92 Å². The summed E-state index contributed by atoms with van der Waals surface area (Å²) in [7, 11) is 0. The summed E-state index contributed by atoms with van der Waals surface area (Å²) in [5.74, 6) is 0. The van der Waals surface area contributed by atoms with Crippen LogP contribution in [0.5, 0.6) is 0 Å². The summed E-state index contributed by atoms with van der Waals surface area (Å²) in [6.07, 6.45) is 3.23. The summed E-state index contributed by atoms with van der Waals surface area (Å²) in [4.78, 5) is 17.4. The molecule has 1 aromatic rings. The molecular formula is C15H20N4O2. The first-order valence-electron chi connectivity index (χ1n) is 7.09. The Morgan fingerprint density at radius 2 is 2.10 bits per heavy atom. The SMILES string of the molecule is Cc1cnc(CN2CCC(C)(C#N)CC2)c(C)c1[N+](=O)[O-]. The molecule has 1 saturated heterocycles. The summed E-state index contributed by atoms with van der Waals surface area (Å²) in [6.45, 7) is 7.72. The number of piperidine rings is 1. The first-order chi connectivity index (χ1) is 9.86. The molecule has 0 unspecified atom stereocenters. The highest BCUT2D eigenvalue weighted by atomic mass is 16.6. The minimum Gasteiger partial charge on any atom is -0.297 e. The van der Waals surface area contributed by atoms with Crippen LogP contribution >= 0.6 is 0 Å². The van der Waals surface area contributed by atoms with Crippen molar-refractivity contribution in [1.82, 2.24) is 9.88 Å². The van der Waals surface area contributed by atoms with Crippen molar-refractivity contribution in [2.24, 2.45) is 5.41 Å². The van der Waals surface area contributed by atoms with E-state index in [1.807, 2.05) is 6.92 Å². The van der Waals surface area contributed by atoms with Crippen molar-refractivity contribution in [3.63, 3.8) is 0 Å². The Kier molecular flexibility index (Phi) is 4.24. The summed E-state index contributed by atoms with van der Waals surface area (Å²) in [6, 6.07) is 2.38. The molecule has 1 fully saturated rings. The Morgan fingerprint density at radius 3 is 2.62 bits per heavy atom. The maximum atomic E-state index is 11.1. The van der Waals surface area contributed by atoms with E-state index in [9.17, 15) is 10.1 Å². The van der Waals surface area contributed by atoms with E-state index in [2.05, 4.69) is 16.0 Å². The Balaban J connectivity index is 2.14. The lowest BCUT2D eigenvalue weighted by molar-refractivity contribution is -0.386. The average Bonchev–Trinajstić information content (AvgIpc) is 2.44. The van der Waals surface area contributed by atoms with E-state index in [0.29, 0.717) is 17.7 Å². The van der Waals surface area contributed by atoms with Crippen LogP contribution in [0.2, 0.25) is 0 Å². The van der Waals surface area contributed by atoms with Crippen LogP contribution in [0.1, 0.15) is 36.6 Å². The lowest BCUT2D eigenvalue weighted by Crippen LogP contribution is -2.37. The van der Waals surface area contributed by atoms with Gasteiger partial charge in [-0.25, -0.2) is 0 Å². The van der Waals surface area contributed by atoms with Crippen LogP contribution < -0.4 is 0 Å². The van der Waals surface area contributed by atoms with Crippen molar-refractivity contribution in [3.05, 3.63) is 33.1 Å². The lowest BCUT2D eigenvalue weighted by atomic mass is 9.82. The fourth-order valence-electron chi connectivity index (χ4n) is 2.73. The van der Waals surface area contributed by atoms with Crippen LogP contribution in [0.15, 0.2) is 6.20 Å². The molecule has 0 aromatic carbocycles. The van der Waals surface area contributed by atoms with Crippen molar-refractivity contribution >= 4 is 5.69 Å². The maximum absolute atomic E-state index is 11.1. The van der Waals surface area contributed by atoms with Gasteiger partial charge in [0.2, 0.25) is 0 Å². The smallest absolute Gasteiger partial charge is 0.278 e. The van der Waals surface area contributed by atoms with Gasteiger partial charge >= 0.3 is 0 Å². The molecule has 1 aromatic heterocycles. The second kappa shape index (κ2) is 5.78. The summed E-state index contributed by atoms with van der Waals surface area (Å²) < 4.78 is 0. The zero-order valence-corrected chi connectivity index (χ0v) is 12.7. The van der Waals surface area contributed by atoms with Crippen LogP contribution in [0.4, 0.5) is 5.69 Å². The van der Waals surface area contributed by atoms with E-state index in [1.165, 1.54) is 0 Å². The minimum atomic E-state index is -0.335.